The fourth-order valence-electron chi connectivity index (χ4n) is 2.24. The Balaban J connectivity index is 2.30. The van der Waals surface area contributed by atoms with Crippen LogP contribution in [-0.2, 0) is 11.8 Å². The summed E-state index contributed by atoms with van der Waals surface area (Å²) in [5.74, 6) is 0. The zero-order valence-electron chi connectivity index (χ0n) is 7.88. The predicted molar refractivity (Wildman–Crippen MR) is 52.8 cm³/mol. The van der Waals surface area contributed by atoms with E-state index in [-0.39, 0.29) is 12.0 Å². The average Bonchev–Trinajstić information content (AvgIpc) is 2.14. The first-order valence-corrected chi connectivity index (χ1v) is 4.66. The maximum atomic E-state index is 9.37. The molecule has 0 spiro atoms. The van der Waals surface area contributed by atoms with Gasteiger partial charge in [-0.1, -0.05) is 24.3 Å². The van der Waals surface area contributed by atoms with Crippen LogP contribution < -0.4 is 5.32 Å². The average molecular weight is 177 g/mol. The van der Waals surface area contributed by atoms with E-state index in [0.29, 0.717) is 0 Å². The summed E-state index contributed by atoms with van der Waals surface area (Å²) in [5.41, 5.74) is 2.68. The van der Waals surface area contributed by atoms with Crippen molar-refractivity contribution in [3.05, 3.63) is 35.4 Å². The maximum Gasteiger partial charge on any atom is 0.0543 e. The lowest BCUT2D eigenvalue weighted by molar-refractivity contribution is 0.171. The van der Waals surface area contributed by atoms with E-state index in [9.17, 15) is 5.11 Å². The first-order chi connectivity index (χ1) is 6.32. The Bertz CT molecular complexity index is 311. The normalized spacial score (nSPS) is 25.1. The van der Waals surface area contributed by atoms with Gasteiger partial charge in [-0.3, -0.25) is 0 Å². The van der Waals surface area contributed by atoms with Crippen molar-refractivity contribution in [3.8, 4) is 0 Å². The van der Waals surface area contributed by atoms with Crippen LogP contribution in [0.5, 0.6) is 0 Å². The van der Waals surface area contributed by atoms with Crippen molar-refractivity contribution < 1.29 is 5.11 Å². The molecule has 0 radical (unpaired) electrons. The van der Waals surface area contributed by atoms with Crippen molar-refractivity contribution in [2.45, 2.75) is 11.8 Å². The van der Waals surface area contributed by atoms with Crippen LogP contribution in [0.15, 0.2) is 24.3 Å². The van der Waals surface area contributed by atoms with Crippen molar-refractivity contribution in [1.82, 2.24) is 5.32 Å². The van der Waals surface area contributed by atoms with Gasteiger partial charge in [0.2, 0.25) is 0 Å². The van der Waals surface area contributed by atoms with Crippen LogP contribution in [0.2, 0.25) is 0 Å². The van der Waals surface area contributed by atoms with Gasteiger partial charge in [0, 0.05) is 12.0 Å². The Labute approximate surface area is 78.6 Å². The number of rotatable bonds is 3. The molecular weight excluding hydrogens is 162 g/mol. The first kappa shape index (κ1) is 8.73. The Hall–Kier alpha value is -0.860. The van der Waals surface area contributed by atoms with Crippen LogP contribution in [0.3, 0.4) is 0 Å². The Kier molecular flexibility index (Phi) is 2.10. The predicted octanol–water partition coefficient (Wildman–Crippen LogP) is 0.692. The van der Waals surface area contributed by atoms with E-state index in [1.165, 1.54) is 11.1 Å². The highest BCUT2D eigenvalue weighted by molar-refractivity contribution is 5.45. The summed E-state index contributed by atoms with van der Waals surface area (Å²) in [6.07, 6.45) is 1.00. The third kappa shape index (κ3) is 1.18. The zero-order valence-corrected chi connectivity index (χ0v) is 7.88. The molecule has 2 N–H and O–H groups in total. The minimum absolute atomic E-state index is 0.00859. The third-order valence-corrected chi connectivity index (χ3v) is 2.94. The van der Waals surface area contributed by atoms with E-state index in [1.54, 1.807) is 0 Å². The minimum atomic E-state index is -0.00859. The van der Waals surface area contributed by atoms with Gasteiger partial charge in [0.1, 0.15) is 0 Å². The molecule has 13 heavy (non-hydrogen) atoms. The molecule has 1 unspecified atom stereocenters. The minimum Gasteiger partial charge on any atom is -0.395 e. The Morgan fingerprint density at radius 1 is 1.46 bits per heavy atom. The highest BCUT2D eigenvalue weighted by Gasteiger charge is 2.41. The van der Waals surface area contributed by atoms with Gasteiger partial charge in [-0.25, -0.2) is 0 Å². The van der Waals surface area contributed by atoms with E-state index < -0.39 is 0 Å². The lowest BCUT2D eigenvalue weighted by atomic mass is 9.64. The second-order valence-corrected chi connectivity index (χ2v) is 3.80. The van der Waals surface area contributed by atoms with Crippen LogP contribution >= 0.6 is 0 Å². The van der Waals surface area contributed by atoms with Gasteiger partial charge < -0.3 is 10.4 Å². The second kappa shape index (κ2) is 3.13. The first-order valence-electron chi connectivity index (χ1n) is 4.66. The number of fused-ring (bicyclic) bond motifs is 1. The number of aliphatic hydroxyl groups excluding tert-OH is 1. The Morgan fingerprint density at radius 2 is 2.23 bits per heavy atom. The van der Waals surface area contributed by atoms with Crippen LogP contribution in [-0.4, -0.2) is 25.3 Å². The lowest BCUT2D eigenvalue weighted by Crippen LogP contribution is -2.49. The standard InChI is InChI=1S/C11H15NO/c1-12-7-11(8-13)6-9-4-2-3-5-10(9)11/h2-5,12-13H,6-8H2,1H3. The molecule has 0 aromatic heterocycles. The molecule has 70 valence electrons. The molecule has 2 rings (SSSR count). The molecule has 0 saturated heterocycles. The molecular formula is C11H15NO. The number of benzene rings is 1. The topological polar surface area (TPSA) is 32.3 Å². The van der Waals surface area contributed by atoms with Crippen LogP contribution in [0.1, 0.15) is 11.1 Å². The van der Waals surface area contributed by atoms with Crippen molar-refractivity contribution in [1.29, 1.82) is 0 Å². The van der Waals surface area contributed by atoms with Crippen molar-refractivity contribution in [3.63, 3.8) is 0 Å². The van der Waals surface area contributed by atoms with Gasteiger partial charge in [-0.15, -0.1) is 0 Å². The second-order valence-electron chi connectivity index (χ2n) is 3.80. The molecule has 1 aromatic carbocycles. The van der Waals surface area contributed by atoms with Crippen LogP contribution in [0, 0.1) is 0 Å². The third-order valence-electron chi connectivity index (χ3n) is 2.94. The molecule has 0 bridgehead atoms. The van der Waals surface area contributed by atoms with E-state index in [1.807, 2.05) is 13.1 Å². The fraction of sp³-hybridized carbons (Fsp3) is 0.455. The summed E-state index contributed by atoms with van der Waals surface area (Å²) in [7, 11) is 1.93. The molecule has 1 aliphatic rings. The monoisotopic (exact) mass is 177 g/mol. The molecule has 0 saturated carbocycles. The summed E-state index contributed by atoms with van der Waals surface area (Å²) in [4.78, 5) is 0. The SMILES string of the molecule is CNCC1(CO)Cc2ccccc21. The van der Waals surface area contributed by atoms with Gasteiger partial charge in [0.15, 0.2) is 0 Å². The summed E-state index contributed by atoms with van der Waals surface area (Å²) in [6, 6.07) is 8.35. The number of likely N-dealkylation sites (N-methyl/N-ethyl adjacent to an activating group) is 1. The quantitative estimate of drug-likeness (QED) is 0.712. The van der Waals surface area contributed by atoms with E-state index in [0.717, 1.165) is 13.0 Å². The highest BCUT2D eigenvalue weighted by atomic mass is 16.3. The van der Waals surface area contributed by atoms with Gasteiger partial charge >= 0.3 is 0 Å². The molecule has 1 aromatic rings. The summed E-state index contributed by atoms with van der Waals surface area (Å²) in [5, 5.41) is 12.5. The summed E-state index contributed by atoms with van der Waals surface area (Å²) >= 11 is 0. The molecule has 2 nitrogen and oxygen atoms in total. The number of hydrogen-bond donors (Lipinski definition) is 2. The molecule has 0 heterocycles. The van der Waals surface area contributed by atoms with E-state index in [4.69, 9.17) is 0 Å². The zero-order chi connectivity index (χ0) is 9.31. The fourth-order valence-corrected chi connectivity index (χ4v) is 2.24. The number of hydrogen-bond acceptors (Lipinski definition) is 2. The molecule has 1 aliphatic carbocycles. The number of nitrogens with one attached hydrogen (secondary N) is 1. The van der Waals surface area contributed by atoms with E-state index in [2.05, 4.69) is 23.5 Å². The van der Waals surface area contributed by atoms with Gasteiger partial charge in [0.05, 0.1) is 6.61 Å². The molecule has 2 heteroatoms. The smallest absolute Gasteiger partial charge is 0.0543 e. The van der Waals surface area contributed by atoms with Gasteiger partial charge in [0.25, 0.3) is 0 Å². The summed E-state index contributed by atoms with van der Waals surface area (Å²) in [6.45, 7) is 1.10. The molecule has 0 amide bonds. The maximum absolute atomic E-state index is 9.37. The van der Waals surface area contributed by atoms with Crippen molar-refractivity contribution in [2.24, 2.45) is 0 Å². The van der Waals surface area contributed by atoms with Crippen LogP contribution in [0.25, 0.3) is 0 Å². The van der Waals surface area contributed by atoms with Crippen molar-refractivity contribution in [2.75, 3.05) is 20.2 Å². The molecule has 0 aliphatic heterocycles. The largest absolute Gasteiger partial charge is 0.395 e. The molecule has 1 atom stereocenters. The van der Waals surface area contributed by atoms with Gasteiger partial charge in [-0.2, -0.15) is 0 Å². The number of aliphatic hydroxyl groups is 1. The lowest BCUT2D eigenvalue weighted by Gasteiger charge is -2.42. The van der Waals surface area contributed by atoms with Crippen LogP contribution in [0.4, 0.5) is 0 Å². The van der Waals surface area contributed by atoms with E-state index >= 15 is 0 Å². The Morgan fingerprint density at radius 3 is 2.85 bits per heavy atom. The van der Waals surface area contributed by atoms with Gasteiger partial charge in [-0.05, 0) is 24.6 Å². The highest BCUT2D eigenvalue weighted by Crippen LogP contribution is 2.40. The summed E-state index contributed by atoms with van der Waals surface area (Å²) < 4.78 is 0. The molecule has 0 fully saturated rings. The van der Waals surface area contributed by atoms with Crippen molar-refractivity contribution >= 4 is 0 Å².